The molecule has 22 heavy (non-hydrogen) atoms. The monoisotopic (exact) mass is 316 g/mol. The van der Waals surface area contributed by atoms with Gasteiger partial charge in [-0.25, -0.2) is 8.42 Å². The lowest BCUT2D eigenvalue weighted by molar-refractivity contribution is 0.264. The second-order valence-electron chi connectivity index (χ2n) is 5.71. The van der Waals surface area contributed by atoms with E-state index in [1.54, 1.807) is 34.8 Å². The third kappa shape index (κ3) is 3.36. The molecule has 0 radical (unpaired) electrons. The van der Waals surface area contributed by atoms with E-state index in [0.29, 0.717) is 23.9 Å². The first kappa shape index (κ1) is 15.2. The van der Waals surface area contributed by atoms with Crippen molar-refractivity contribution in [3.63, 3.8) is 0 Å². The minimum atomic E-state index is -3.37. The lowest BCUT2D eigenvalue weighted by Crippen LogP contribution is -2.40. The maximum absolute atomic E-state index is 12.7. The topological polar surface area (TPSA) is 50.3 Å². The molecule has 4 nitrogen and oxygen atoms in total. The second-order valence-corrected chi connectivity index (χ2v) is 7.65. The first-order valence-corrected chi connectivity index (χ1v) is 9.05. The molecule has 2 heterocycles. The Bertz CT molecular complexity index is 702. The van der Waals surface area contributed by atoms with E-state index in [0.717, 1.165) is 25.0 Å². The molecule has 116 valence electrons. The molecular weight excluding hydrogens is 296 g/mol. The fourth-order valence-corrected chi connectivity index (χ4v) is 4.54. The van der Waals surface area contributed by atoms with Gasteiger partial charge in [0.1, 0.15) is 0 Å². The van der Waals surface area contributed by atoms with Crippen molar-refractivity contribution >= 4 is 10.0 Å². The maximum Gasteiger partial charge on any atom is 0.243 e. The number of hydrogen-bond acceptors (Lipinski definition) is 3. The van der Waals surface area contributed by atoms with Gasteiger partial charge in [0.25, 0.3) is 0 Å². The van der Waals surface area contributed by atoms with E-state index in [2.05, 4.69) is 4.98 Å². The van der Waals surface area contributed by atoms with Crippen LogP contribution in [-0.4, -0.2) is 30.8 Å². The Balaban J connectivity index is 1.73. The van der Waals surface area contributed by atoms with Gasteiger partial charge >= 0.3 is 0 Å². The fraction of sp³-hybridized carbons (Fsp3) is 0.353. The number of nitrogens with zero attached hydrogens (tertiary/aromatic N) is 2. The zero-order valence-electron chi connectivity index (χ0n) is 12.4. The highest BCUT2D eigenvalue weighted by atomic mass is 32.2. The van der Waals surface area contributed by atoms with Gasteiger partial charge in [-0.15, -0.1) is 0 Å². The second kappa shape index (κ2) is 6.58. The van der Waals surface area contributed by atoms with Crippen molar-refractivity contribution < 1.29 is 8.42 Å². The molecule has 0 N–H and O–H groups in total. The zero-order valence-corrected chi connectivity index (χ0v) is 13.2. The van der Waals surface area contributed by atoms with E-state index < -0.39 is 10.0 Å². The van der Waals surface area contributed by atoms with Crippen LogP contribution in [0.2, 0.25) is 0 Å². The zero-order chi connectivity index (χ0) is 15.4. The Labute approximate surface area is 131 Å². The van der Waals surface area contributed by atoms with Crippen molar-refractivity contribution in [2.24, 2.45) is 5.92 Å². The van der Waals surface area contributed by atoms with Crippen LogP contribution in [0.1, 0.15) is 18.5 Å². The van der Waals surface area contributed by atoms with E-state index in [-0.39, 0.29) is 0 Å². The van der Waals surface area contributed by atoms with Crippen molar-refractivity contribution in [2.45, 2.75) is 24.2 Å². The molecule has 5 heteroatoms. The quantitative estimate of drug-likeness (QED) is 0.871. The number of piperidine rings is 1. The van der Waals surface area contributed by atoms with Crippen LogP contribution in [0.4, 0.5) is 0 Å². The molecule has 0 saturated carbocycles. The minimum absolute atomic E-state index is 0.335. The molecule has 0 aliphatic carbocycles. The van der Waals surface area contributed by atoms with E-state index >= 15 is 0 Å². The van der Waals surface area contributed by atoms with Gasteiger partial charge in [-0.3, -0.25) is 4.98 Å². The van der Waals surface area contributed by atoms with Crippen LogP contribution < -0.4 is 0 Å². The molecule has 1 aliphatic rings. The van der Waals surface area contributed by atoms with Gasteiger partial charge in [-0.05, 0) is 49.4 Å². The molecule has 0 bridgehead atoms. The number of hydrogen-bond donors (Lipinski definition) is 0. The van der Waals surface area contributed by atoms with Crippen molar-refractivity contribution in [1.82, 2.24) is 9.29 Å². The van der Waals surface area contributed by atoms with E-state index in [4.69, 9.17) is 0 Å². The lowest BCUT2D eigenvalue weighted by atomic mass is 9.94. The lowest BCUT2D eigenvalue weighted by Gasteiger charge is -2.31. The summed E-state index contributed by atoms with van der Waals surface area (Å²) in [6.45, 7) is 1.18. The SMILES string of the molecule is O=S(=O)(c1ccccc1)N1CCCC(Cc2ccccn2)C1. The van der Waals surface area contributed by atoms with Gasteiger partial charge < -0.3 is 0 Å². The van der Waals surface area contributed by atoms with Crippen molar-refractivity contribution in [3.8, 4) is 0 Å². The number of pyridine rings is 1. The number of benzene rings is 1. The Hall–Kier alpha value is -1.72. The minimum Gasteiger partial charge on any atom is -0.261 e. The molecule has 1 atom stereocenters. The molecule has 1 fully saturated rings. The Morgan fingerprint density at radius 2 is 1.86 bits per heavy atom. The van der Waals surface area contributed by atoms with Gasteiger partial charge in [0.2, 0.25) is 10.0 Å². The van der Waals surface area contributed by atoms with Crippen LogP contribution in [-0.2, 0) is 16.4 Å². The van der Waals surface area contributed by atoms with Gasteiger partial charge in [-0.2, -0.15) is 4.31 Å². The third-order valence-electron chi connectivity index (χ3n) is 4.09. The highest BCUT2D eigenvalue weighted by Gasteiger charge is 2.30. The average Bonchev–Trinajstić information content (AvgIpc) is 2.57. The van der Waals surface area contributed by atoms with Crippen LogP contribution in [0.5, 0.6) is 0 Å². The summed E-state index contributed by atoms with van der Waals surface area (Å²) in [5.41, 5.74) is 1.03. The number of rotatable bonds is 4. The molecule has 1 aromatic carbocycles. The van der Waals surface area contributed by atoms with Crippen LogP contribution in [0.25, 0.3) is 0 Å². The van der Waals surface area contributed by atoms with Gasteiger partial charge in [0.05, 0.1) is 4.90 Å². The maximum atomic E-state index is 12.7. The average molecular weight is 316 g/mol. The predicted molar refractivity (Wildman–Crippen MR) is 85.9 cm³/mol. The van der Waals surface area contributed by atoms with Crippen molar-refractivity contribution in [1.29, 1.82) is 0 Å². The van der Waals surface area contributed by atoms with Crippen molar-refractivity contribution in [2.75, 3.05) is 13.1 Å². The van der Waals surface area contributed by atoms with Crippen LogP contribution in [0, 0.1) is 5.92 Å². The van der Waals surface area contributed by atoms with Crippen LogP contribution in [0.15, 0.2) is 59.6 Å². The highest BCUT2D eigenvalue weighted by molar-refractivity contribution is 7.89. The molecule has 1 unspecified atom stereocenters. The standard InChI is InChI=1S/C17H20N2O2S/c20-22(21,17-9-2-1-3-10-17)19-12-6-7-15(14-19)13-16-8-4-5-11-18-16/h1-5,8-11,15H,6-7,12-14H2. The summed E-state index contributed by atoms with van der Waals surface area (Å²) in [6, 6.07) is 14.6. The summed E-state index contributed by atoms with van der Waals surface area (Å²) in [5.74, 6) is 0.335. The molecule has 1 aliphatic heterocycles. The largest absolute Gasteiger partial charge is 0.261 e. The molecular formula is C17H20N2O2S. The summed E-state index contributed by atoms with van der Waals surface area (Å²) in [5, 5.41) is 0. The van der Waals surface area contributed by atoms with Gasteiger partial charge in [0, 0.05) is 25.0 Å². The molecule has 1 aromatic heterocycles. The molecule has 2 aromatic rings. The Morgan fingerprint density at radius 3 is 2.59 bits per heavy atom. The molecule has 0 spiro atoms. The summed E-state index contributed by atoms with van der Waals surface area (Å²) in [7, 11) is -3.37. The van der Waals surface area contributed by atoms with Gasteiger partial charge in [-0.1, -0.05) is 24.3 Å². The number of aromatic nitrogens is 1. The Morgan fingerprint density at radius 1 is 1.09 bits per heavy atom. The van der Waals surface area contributed by atoms with E-state index in [9.17, 15) is 8.42 Å². The summed E-state index contributed by atoms with van der Waals surface area (Å²) < 4.78 is 27.0. The van der Waals surface area contributed by atoms with E-state index in [1.165, 1.54) is 0 Å². The summed E-state index contributed by atoms with van der Waals surface area (Å²) in [6.07, 6.45) is 4.58. The molecule has 3 rings (SSSR count). The smallest absolute Gasteiger partial charge is 0.243 e. The van der Waals surface area contributed by atoms with Crippen molar-refractivity contribution in [3.05, 3.63) is 60.4 Å². The first-order valence-electron chi connectivity index (χ1n) is 7.61. The fourth-order valence-electron chi connectivity index (χ4n) is 2.97. The van der Waals surface area contributed by atoms with Gasteiger partial charge in [0.15, 0.2) is 0 Å². The van der Waals surface area contributed by atoms with Crippen LogP contribution in [0.3, 0.4) is 0 Å². The first-order chi connectivity index (χ1) is 10.7. The van der Waals surface area contributed by atoms with Crippen LogP contribution >= 0.6 is 0 Å². The number of sulfonamides is 1. The molecule has 0 amide bonds. The molecule has 1 saturated heterocycles. The normalized spacial score (nSPS) is 19.9. The third-order valence-corrected chi connectivity index (χ3v) is 5.97. The Kier molecular flexibility index (Phi) is 4.55. The highest BCUT2D eigenvalue weighted by Crippen LogP contribution is 2.25. The summed E-state index contributed by atoms with van der Waals surface area (Å²) in [4.78, 5) is 4.73. The predicted octanol–water partition coefficient (Wildman–Crippen LogP) is 2.73. The summed E-state index contributed by atoms with van der Waals surface area (Å²) >= 11 is 0. The van der Waals surface area contributed by atoms with E-state index in [1.807, 2.05) is 24.3 Å².